The van der Waals surface area contributed by atoms with Crippen molar-refractivity contribution in [2.45, 2.75) is 44.7 Å². The molecule has 0 radical (unpaired) electrons. The zero-order valence-corrected chi connectivity index (χ0v) is 19.6. The average Bonchev–Trinajstić information content (AvgIpc) is 2.75. The highest BCUT2D eigenvalue weighted by atomic mass is 32.2. The van der Waals surface area contributed by atoms with Gasteiger partial charge < -0.3 is 20.1 Å². The molecule has 1 atom stereocenters. The van der Waals surface area contributed by atoms with E-state index in [9.17, 15) is 22.8 Å². The summed E-state index contributed by atoms with van der Waals surface area (Å²) in [5, 5.41) is 5.19. The molecule has 1 aromatic carbocycles. The van der Waals surface area contributed by atoms with Crippen LogP contribution >= 0.6 is 0 Å². The molecule has 1 heterocycles. The first-order valence-corrected chi connectivity index (χ1v) is 11.9. The van der Waals surface area contributed by atoms with Crippen molar-refractivity contribution in [1.82, 2.24) is 14.9 Å². The van der Waals surface area contributed by atoms with Crippen molar-refractivity contribution in [3.8, 4) is 0 Å². The molecule has 2 amide bonds. The van der Waals surface area contributed by atoms with Crippen LogP contribution in [-0.4, -0.2) is 75.5 Å². The van der Waals surface area contributed by atoms with E-state index in [1.807, 2.05) is 0 Å². The Morgan fingerprint density at radius 2 is 1.75 bits per heavy atom. The van der Waals surface area contributed by atoms with Crippen molar-refractivity contribution >= 4 is 27.8 Å². The van der Waals surface area contributed by atoms with Crippen molar-refractivity contribution in [3.05, 3.63) is 29.8 Å². The summed E-state index contributed by atoms with van der Waals surface area (Å²) >= 11 is 0. The van der Waals surface area contributed by atoms with Crippen molar-refractivity contribution in [2.24, 2.45) is 5.92 Å². The van der Waals surface area contributed by atoms with Gasteiger partial charge in [-0.3, -0.25) is 9.59 Å². The Labute approximate surface area is 188 Å². The molecule has 178 valence electrons. The Balaban J connectivity index is 2.09. The molecule has 11 heteroatoms. The molecule has 0 aromatic heterocycles. The standard InChI is InChI=1S/C21H31N3O7S/c1-14(2)19(21(27)31-13-18(25)22-15(3)4)23-20(26)16-6-5-7-17(12-16)32(28,29)24-8-10-30-11-9-24/h5-7,12,14-15,19H,8-11,13H2,1-4H3,(H,22,25)(H,23,26). The number of nitrogens with zero attached hydrogens (tertiary/aromatic N) is 1. The van der Waals surface area contributed by atoms with Gasteiger partial charge >= 0.3 is 5.97 Å². The Morgan fingerprint density at radius 3 is 2.34 bits per heavy atom. The highest BCUT2D eigenvalue weighted by molar-refractivity contribution is 7.89. The average molecular weight is 470 g/mol. The number of carbonyl (C=O) groups excluding carboxylic acids is 3. The summed E-state index contributed by atoms with van der Waals surface area (Å²) in [6.07, 6.45) is 0. The van der Waals surface area contributed by atoms with Crippen LogP contribution in [0.15, 0.2) is 29.2 Å². The van der Waals surface area contributed by atoms with E-state index in [-0.39, 0.29) is 35.5 Å². The first-order chi connectivity index (χ1) is 15.0. The smallest absolute Gasteiger partial charge is 0.329 e. The van der Waals surface area contributed by atoms with Gasteiger partial charge in [-0.1, -0.05) is 19.9 Å². The lowest BCUT2D eigenvalue weighted by atomic mass is 10.0. The zero-order chi connectivity index (χ0) is 23.9. The number of hydrogen-bond acceptors (Lipinski definition) is 7. The second-order valence-electron chi connectivity index (χ2n) is 8.07. The van der Waals surface area contributed by atoms with E-state index in [1.165, 1.54) is 28.6 Å². The van der Waals surface area contributed by atoms with E-state index in [2.05, 4.69) is 10.6 Å². The van der Waals surface area contributed by atoms with Crippen molar-refractivity contribution in [2.75, 3.05) is 32.9 Å². The number of ether oxygens (including phenoxy) is 2. The molecule has 2 rings (SSSR count). The number of carbonyl (C=O) groups is 3. The molecule has 0 aliphatic carbocycles. The number of nitrogens with one attached hydrogen (secondary N) is 2. The van der Waals surface area contributed by atoms with Gasteiger partial charge in [0.25, 0.3) is 11.8 Å². The monoisotopic (exact) mass is 469 g/mol. The van der Waals surface area contributed by atoms with E-state index < -0.39 is 40.5 Å². The number of benzene rings is 1. The second kappa shape index (κ2) is 11.4. The van der Waals surface area contributed by atoms with Crippen LogP contribution in [0.2, 0.25) is 0 Å². The van der Waals surface area contributed by atoms with Crippen molar-refractivity contribution in [1.29, 1.82) is 0 Å². The van der Waals surface area contributed by atoms with Crippen LogP contribution in [0.3, 0.4) is 0 Å². The molecule has 1 aliphatic heterocycles. The van der Waals surface area contributed by atoms with E-state index in [1.54, 1.807) is 27.7 Å². The van der Waals surface area contributed by atoms with Crippen LogP contribution < -0.4 is 10.6 Å². The van der Waals surface area contributed by atoms with E-state index >= 15 is 0 Å². The normalized spacial score (nSPS) is 15.9. The van der Waals surface area contributed by atoms with Gasteiger partial charge in [-0.2, -0.15) is 4.31 Å². The second-order valence-corrected chi connectivity index (χ2v) is 10.0. The predicted octanol–water partition coefficient (Wildman–Crippen LogP) is 0.530. The minimum Gasteiger partial charge on any atom is -0.454 e. The maximum absolute atomic E-state index is 12.9. The number of morpholine rings is 1. The van der Waals surface area contributed by atoms with Gasteiger partial charge in [0.2, 0.25) is 10.0 Å². The van der Waals surface area contributed by atoms with E-state index in [0.717, 1.165) is 0 Å². The summed E-state index contributed by atoms with van der Waals surface area (Å²) in [7, 11) is -3.77. The van der Waals surface area contributed by atoms with Crippen LogP contribution in [0.4, 0.5) is 0 Å². The summed E-state index contributed by atoms with van der Waals surface area (Å²) in [5.74, 6) is -2.13. The largest absolute Gasteiger partial charge is 0.454 e. The fourth-order valence-corrected chi connectivity index (χ4v) is 4.50. The maximum Gasteiger partial charge on any atom is 0.329 e. The number of sulfonamides is 1. The van der Waals surface area contributed by atoms with Gasteiger partial charge in [-0.25, -0.2) is 13.2 Å². The highest BCUT2D eigenvalue weighted by Crippen LogP contribution is 2.19. The lowest BCUT2D eigenvalue weighted by Gasteiger charge is -2.26. The Hall–Kier alpha value is -2.50. The van der Waals surface area contributed by atoms with Crippen LogP contribution in [0, 0.1) is 5.92 Å². The van der Waals surface area contributed by atoms with E-state index in [4.69, 9.17) is 9.47 Å². The lowest BCUT2D eigenvalue weighted by Crippen LogP contribution is -2.46. The molecule has 2 N–H and O–H groups in total. The molecule has 10 nitrogen and oxygen atoms in total. The Bertz CT molecular complexity index is 925. The van der Waals surface area contributed by atoms with Gasteiger partial charge in [0, 0.05) is 24.7 Å². The summed E-state index contributed by atoms with van der Waals surface area (Å²) in [6, 6.07) is 4.53. The summed E-state index contributed by atoms with van der Waals surface area (Å²) in [6.45, 7) is 7.66. The Kier molecular flexibility index (Phi) is 9.17. The maximum atomic E-state index is 12.9. The molecular formula is C21H31N3O7S. The van der Waals surface area contributed by atoms with Crippen LogP contribution in [0.1, 0.15) is 38.1 Å². The topological polar surface area (TPSA) is 131 Å². The molecule has 32 heavy (non-hydrogen) atoms. The SMILES string of the molecule is CC(C)NC(=O)COC(=O)C(NC(=O)c1cccc(S(=O)(=O)N2CCOCC2)c1)C(C)C. The summed E-state index contributed by atoms with van der Waals surface area (Å²) < 4.78 is 37.3. The van der Waals surface area contributed by atoms with Crippen LogP contribution in [0.5, 0.6) is 0 Å². The van der Waals surface area contributed by atoms with Crippen LogP contribution in [-0.2, 0) is 29.1 Å². The van der Waals surface area contributed by atoms with Crippen molar-refractivity contribution < 1.29 is 32.3 Å². The molecule has 1 aliphatic rings. The molecular weight excluding hydrogens is 438 g/mol. The van der Waals surface area contributed by atoms with Crippen molar-refractivity contribution in [3.63, 3.8) is 0 Å². The molecule has 0 saturated carbocycles. The molecule has 1 unspecified atom stereocenters. The van der Waals surface area contributed by atoms with Gasteiger partial charge in [-0.05, 0) is 38.0 Å². The third-order valence-corrected chi connectivity index (χ3v) is 6.60. The van der Waals surface area contributed by atoms with Gasteiger partial charge in [0.05, 0.1) is 18.1 Å². The highest BCUT2D eigenvalue weighted by Gasteiger charge is 2.29. The molecule has 0 bridgehead atoms. The minimum absolute atomic E-state index is 0.0129. The lowest BCUT2D eigenvalue weighted by molar-refractivity contribution is -0.151. The molecule has 0 spiro atoms. The molecule has 1 saturated heterocycles. The zero-order valence-electron chi connectivity index (χ0n) is 18.8. The minimum atomic E-state index is -3.77. The third kappa shape index (κ3) is 7.01. The van der Waals surface area contributed by atoms with Gasteiger partial charge in [0.15, 0.2) is 6.61 Å². The molecule has 1 aromatic rings. The van der Waals surface area contributed by atoms with E-state index in [0.29, 0.717) is 13.2 Å². The van der Waals surface area contributed by atoms with Gasteiger partial charge in [-0.15, -0.1) is 0 Å². The Morgan fingerprint density at radius 1 is 1.09 bits per heavy atom. The number of hydrogen-bond donors (Lipinski definition) is 2. The first kappa shape index (κ1) is 25.8. The number of esters is 1. The fourth-order valence-electron chi connectivity index (χ4n) is 3.05. The summed E-state index contributed by atoms with van der Waals surface area (Å²) in [5.41, 5.74) is 0.0929. The first-order valence-electron chi connectivity index (χ1n) is 10.5. The fraction of sp³-hybridized carbons (Fsp3) is 0.571. The predicted molar refractivity (Wildman–Crippen MR) is 116 cm³/mol. The molecule has 1 fully saturated rings. The number of rotatable bonds is 9. The quantitative estimate of drug-likeness (QED) is 0.504. The van der Waals surface area contributed by atoms with Crippen LogP contribution in [0.25, 0.3) is 0 Å². The third-order valence-electron chi connectivity index (χ3n) is 4.71. The summed E-state index contributed by atoms with van der Waals surface area (Å²) in [4.78, 5) is 36.9. The number of amides is 2. The van der Waals surface area contributed by atoms with Gasteiger partial charge in [0.1, 0.15) is 6.04 Å².